The zero-order valence-electron chi connectivity index (χ0n) is 21.4. The van der Waals surface area contributed by atoms with Crippen molar-refractivity contribution in [3.8, 4) is 0 Å². The van der Waals surface area contributed by atoms with Crippen molar-refractivity contribution in [2.24, 2.45) is 0 Å². The van der Waals surface area contributed by atoms with Gasteiger partial charge in [-0.2, -0.15) is 0 Å². The second-order valence-electron chi connectivity index (χ2n) is 9.42. The van der Waals surface area contributed by atoms with Gasteiger partial charge in [-0.1, -0.05) is 66.7 Å². The topological polar surface area (TPSA) is 60.9 Å². The molecule has 1 saturated heterocycles. The number of carbonyl (C=O) groups excluding carboxylic acids is 1. The molecule has 38 heavy (non-hydrogen) atoms. The average Bonchev–Trinajstić information content (AvgIpc) is 2.97. The first kappa shape index (κ1) is 25.5. The second-order valence-corrected chi connectivity index (χ2v) is 11.3. The maximum absolute atomic E-state index is 13.7. The number of carbonyl (C=O) groups is 1. The Labute approximate surface area is 224 Å². The van der Waals surface area contributed by atoms with Gasteiger partial charge in [-0.15, -0.1) is 0 Å². The first-order valence-corrected chi connectivity index (χ1v) is 14.2. The van der Waals surface area contributed by atoms with E-state index in [9.17, 15) is 13.2 Å². The van der Waals surface area contributed by atoms with Gasteiger partial charge in [0.1, 0.15) is 0 Å². The number of amides is 1. The molecule has 0 aliphatic carbocycles. The summed E-state index contributed by atoms with van der Waals surface area (Å²) in [5.41, 5.74) is 3.91. The number of piperazine rings is 1. The minimum atomic E-state index is -3.82. The summed E-state index contributed by atoms with van der Waals surface area (Å²) in [6.07, 6.45) is 0. The van der Waals surface area contributed by atoms with Crippen LogP contribution in [0.2, 0.25) is 0 Å². The van der Waals surface area contributed by atoms with Gasteiger partial charge in [0, 0.05) is 37.4 Å². The monoisotopic (exact) mass is 525 g/mol. The van der Waals surface area contributed by atoms with Crippen molar-refractivity contribution in [3.63, 3.8) is 0 Å². The van der Waals surface area contributed by atoms with E-state index < -0.39 is 10.0 Å². The standard InChI is InChI=1S/C31H31N3O3S/c1-25-23-28(34(24-26-11-5-2-6-12-26)38(36,37)29-15-9-4-10-16-29)17-18-30(25)31(35)33-21-19-32(20-22-33)27-13-7-3-8-14-27/h2-18,23H,19-22,24H2,1H3. The second kappa shape index (κ2) is 11.1. The number of anilines is 2. The maximum Gasteiger partial charge on any atom is 0.264 e. The Morgan fingerprint density at radius 1 is 0.763 bits per heavy atom. The van der Waals surface area contributed by atoms with E-state index in [0.29, 0.717) is 24.3 Å². The van der Waals surface area contributed by atoms with E-state index in [0.717, 1.165) is 24.2 Å². The number of para-hydroxylation sites is 1. The van der Waals surface area contributed by atoms with Gasteiger partial charge in [-0.05, 0) is 60.5 Å². The Balaban J connectivity index is 1.39. The van der Waals surface area contributed by atoms with Gasteiger partial charge in [-0.3, -0.25) is 9.10 Å². The molecule has 4 aromatic carbocycles. The molecule has 0 bridgehead atoms. The van der Waals surface area contributed by atoms with Crippen LogP contribution in [0.25, 0.3) is 0 Å². The third-order valence-corrected chi connectivity index (χ3v) is 8.70. The van der Waals surface area contributed by atoms with Crippen LogP contribution in [0.1, 0.15) is 21.5 Å². The minimum Gasteiger partial charge on any atom is -0.368 e. The van der Waals surface area contributed by atoms with Crippen molar-refractivity contribution in [3.05, 3.63) is 126 Å². The quantitative estimate of drug-likeness (QED) is 0.326. The molecule has 0 aromatic heterocycles. The lowest BCUT2D eigenvalue weighted by Gasteiger charge is -2.36. The summed E-state index contributed by atoms with van der Waals surface area (Å²) in [6, 6.07) is 33.5. The molecule has 1 amide bonds. The van der Waals surface area contributed by atoms with Gasteiger partial charge in [-0.25, -0.2) is 8.42 Å². The molecule has 0 N–H and O–H groups in total. The fourth-order valence-corrected chi connectivity index (χ4v) is 6.27. The van der Waals surface area contributed by atoms with E-state index in [1.807, 2.05) is 60.4 Å². The number of aryl methyl sites for hydroxylation is 1. The van der Waals surface area contributed by atoms with Crippen molar-refractivity contribution in [2.45, 2.75) is 18.4 Å². The summed E-state index contributed by atoms with van der Waals surface area (Å²) in [4.78, 5) is 17.8. The van der Waals surface area contributed by atoms with E-state index in [-0.39, 0.29) is 17.3 Å². The van der Waals surface area contributed by atoms with Crippen molar-refractivity contribution in [1.29, 1.82) is 0 Å². The smallest absolute Gasteiger partial charge is 0.264 e. The van der Waals surface area contributed by atoms with Gasteiger partial charge in [0.15, 0.2) is 0 Å². The molecular weight excluding hydrogens is 494 g/mol. The lowest BCUT2D eigenvalue weighted by atomic mass is 10.1. The molecule has 5 rings (SSSR count). The molecule has 1 fully saturated rings. The van der Waals surface area contributed by atoms with Gasteiger partial charge in [0.25, 0.3) is 15.9 Å². The number of sulfonamides is 1. The molecule has 0 spiro atoms. The van der Waals surface area contributed by atoms with Crippen LogP contribution in [-0.2, 0) is 16.6 Å². The van der Waals surface area contributed by atoms with Crippen molar-refractivity contribution in [2.75, 3.05) is 35.4 Å². The number of hydrogen-bond donors (Lipinski definition) is 0. The predicted molar refractivity (Wildman–Crippen MR) is 152 cm³/mol. The lowest BCUT2D eigenvalue weighted by Crippen LogP contribution is -2.48. The molecule has 0 radical (unpaired) electrons. The maximum atomic E-state index is 13.7. The van der Waals surface area contributed by atoms with E-state index >= 15 is 0 Å². The van der Waals surface area contributed by atoms with E-state index in [1.54, 1.807) is 48.5 Å². The Morgan fingerprint density at radius 2 is 1.34 bits per heavy atom. The highest BCUT2D eigenvalue weighted by molar-refractivity contribution is 7.92. The van der Waals surface area contributed by atoms with Crippen molar-refractivity contribution < 1.29 is 13.2 Å². The molecule has 0 saturated carbocycles. The molecule has 1 heterocycles. The third-order valence-electron chi connectivity index (χ3n) is 6.92. The minimum absolute atomic E-state index is 0.0257. The Bertz CT molecular complexity index is 1490. The largest absolute Gasteiger partial charge is 0.368 e. The summed E-state index contributed by atoms with van der Waals surface area (Å²) in [5.74, 6) is -0.0257. The van der Waals surface area contributed by atoms with Crippen LogP contribution in [-0.4, -0.2) is 45.4 Å². The highest BCUT2D eigenvalue weighted by atomic mass is 32.2. The van der Waals surface area contributed by atoms with Gasteiger partial charge in [0.05, 0.1) is 17.1 Å². The molecule has 1 aliphatic heterocycles. The number of rotatable bonds is 7. The van der Waals surface area contributed by atoms with Gasteiger partial charge < -0.3 is 9.80 Å². The fraction of sp³-hybridized carbons (Fsp3) is 0.194. The molecule has 4 aromatic rings. The predicted octanol–water partition coefficient (Wildman–Crippen LogP) is 5.35. The summed E-state index contributed by atoms with van der Waals surface area (Å²) in [7, 11) is -3.82. The van der Waals surface area contributed by atoms with Crippen LogP contribution in [0.3, 0.4) is 0 Å². The van der Waals surface area contributed by atoms with Crippen LogP contribution in [0.5, 0.6) is 0 Å². The molecule has 1 aliphatic rings. The highest BCUT2D eigenvalue weighted by Crippen LogP contribution is 2.29. The van der Waals surface area contributed by atoms with Gasteiger partial charge >= 0.3 is 0 Å². The van der Waals surface area contributed by atoms with E-state index in [4.69, 9.17) is 0 Å². The van der Waals surface area contributed by atoms with Gasteiger partial charge in [0.2, 0.25) is 0 Å². The first-order valence-electron chi connectivity index (χ1n) is 12.7. The molecule has 194 valence electrons. The number of hydrogen-bond acceptors (Lipinski definition) is 4. The Morgan fingerprint density at radius 3 is 1.95 bits per heavy atom. The molecule has 7 heteroatoms. The molecular formula is C31H31N3O3S. The SMILES string of the molecule is Cc1cc(N(Cc2ccccc2)S(=O)(=O)c2ccccc2)ccc1C(=O)N1CCN(c2ccccc2)CC1. The average molecular weight is 526 g/mol. The van der Waals surface area contributed by atoms with Crippen LogP contribution in [0.4, 0.5) is 11.4 Å². The normalized spacial score (nSPS) is 13.8. The third kappa shape index (κ3) is 5.43. The number of nitrogens with zero attached hydrogens (tertiary/aromatic N) is 3. The lowest BCUT2D eigenvalue weighted by molar-refractivity contribution is 0.0746. The zero-order chi connectivity index (χ0) is 26.5. The molecule has 0 unspecified atom stereocenters. The molecule has 0 atom stereocenters. The first-order chi connectivity index (χ1) is 18.4. The van der Waals surface area contributed by atoms with Crippen LogP contribution in [0.15, 0.2) is 114 Å². The zero-order valence-corrected chi connectivity index (χ0v) is 22.2. The number of benzene rings is 4. The Hall–Kier alpha value is -4.10. The van der Waals surface area contributed by atoms with Crippen molar-refractivity contribution >= 4 is 27.3 Å². The van der Waals surface area contributed by atoms with E-state index in [1.165, 1.54) is 9.99 Å². The molecule has 6 nitrogen and oxygen atoms in total. The summed E-state index contributed by atoms with van der Waals surface area (Å²) in [5, 5.41) is 0. The summed E-state index contributed by atoms with van der Waals surface area (Å²) < 4.78 is 28.8. The van der Waals surface area contributed by atoms with E-state index in [2.05, 4.69) is 17.0 Å². The summed E-state index contributed by atoms with van der Waals surface area (Å²) in [6.45, 7) is 4.87. The summed E-state index contributed by atoms with van der Waals surface area (Å²) >= 11 is 0. The Kier molecular flexibility index (Phi) is 7.47. The van der Waals surface area contributed by atoms with Crippen molar-refractivity contribution in [1.82, 2.24) is 4.90 Å². The fourth-order valence-electron chi connectivity index (χ4n) is 4.80. The van der Waals surface area contributed by atoms with Crippen LogP contribution < -0.4 is 9.21 Å². The van der Waals surface area contributed by atoms with Crippen LogP contribution >= 0.6 is 0 Å². The highest BCUT2D eigenvalue weighted by Gasteiger charge is 2.27. The van der Waals surface area contributed by atoms with Crippen LogP contribution in [0, 0.1) is 6.92 Å².